The first-order valence-electron chi connectivity index (χ1n) is 7.81. The van der Waals surface area contributed by atoms with Crippen molar-refractivity contribution in [2.45, 2.75) is 6.61 Å². The monoisotopic (exact) mass is 396 g/mol. The van der Waals surface area contributed by atoms with Gasteiger partial charge in [-0.1, -0.05) is 46.3 Å². The number of para-hydroxylation sites is 2. The molecule has 0 atom stereocenters. The van der Waals surface area contributed by atoms with Crippen LogP contribution >= 0.6 is 15.9 Å². The molecule has 0 saturated heterocycles. The molecule has 0 spiro atoms. The van der Waals surface area contributed by atoms with E-state index >= 15 is 0 Å². The number of halogens is 2. The molecule has 0 radical (unpaired) electrons. The number of nitrogens with one attached hydrogen (secondary N) is 1. The Labute approximate surface area is 152 Å². The van der Waals surface area contributed by atoms with Crippen molar-refractivity contribution >= 4 is 27.0 Å². The molecule has 0 aliphatic carbocycles. The first kappa shape index (κ1) is 15.8. The Bertz CT molecular complexity index is 1010. The van der Waals surface area contributed by atoms with Crippen molar-refractivity contribution in [3.05, 3.63) is 82.6 Å². The minimum absolute atomic E-state index is 0.169. The SMILES string of the molecule is Fc1cc(Br)ccc1COc1cccc(-c2nc3ccccc3[nH]2)c1. The van der Waals surface area contributed by atoms with E-state index in [0.29, 0.717) is 15.8 Å². The quantitative estimate of drug-likeness (QED) is 0.479. The van der Waals surface area contributed by atoms with Crippen LogP contribution in [0.4, 0.5) is 4.39 Å². The number of nitrogens with zero attached hydrogens (tertiary/aromatic N) is 1. The van der Waals surface area contributed by atoms with E-state index in [1.165, 1.54) is 6.07 Å². The van der Waals surface area contributed by atoms with E-state index in [4.69, 9.17) is 4.74 Å². The molecule has 0 saturated carbocycles. The summed E-state index contributed by atoms with van der Waals surface area (Å²) < 4.78 is 20.4. The topological polar surface area (TPSA) is 37.9 Å². The predicted octanol–water partition coefficient (Wildman–Crippen LogP) is 5.71. The number of imidazole rings is 1. The lowest BCUT2D eigenvalue weighted by Gasteiger charge is -2.08. The van der Waals surface area contributed by atoms with Gasteiger partial charge in [0, 0.05) is 15.6 Å². The minimum Gasteiger partial charge on any atom is -0.489 e. The fourth-order valence-corrected chi connectivity index (χ4v) is 2.96. The van der Waals surface area contributed by atoms with Crippen molar-refractivity contribution < 1.29 is 9.13 Å². The van der Waals surface area contributed by atoms with Crippen molar-refractivity contribution in [3.8, 4) is 17.1 Å². The van der Waals surface area contributed by atoms with Crippen LogP contribution in [-0.2, 0) is 6.61 Å². The van der Waals surface area contributed by atoms with Crippen LogP contribution < -0.4 is 4.74 Å². The molecule has 0 aliphatic rings. The summed E-state index contributed by atoms with van der Waals surface area (Å²) in [5.74, 6) is 1.16. The molecule has 1 aromatic heterocycles. The molecule has 0 fully saturated rings. The number of H-pyrrole nitrogens is 1. The van der Waals surface area contributed by atoms with Crippen LogP contribution in [-0.4, -0.2) is 9.97 Å². The molecule has 124 valence electrons. The molecule has 0 bridgehead atoms. The van der Waals surface area contributed by atoms with E-state index in [1.807, 2.05) is 48.5 Å². The van der Waals surface area contributed by atoms with Gasteiger partial charge in [0.05, 0.1) is 11.0 Å². The number of hydrogen-bond acceptors (Lipinski definition) is 2. The minimum atomic E-state index is -0.289. The van der Waals surface area contributed by atoms with Gasteiger partial charge in [-0.2, -0.15) is 0 Å². The van der Waals surface area contributed by atoms with Crippen LogP contribution in [0.15, 0.2) is 71.2 Å². The standard InChI is InChI=1S/C20H14BrFN2O/c21-15-9-8-14(17(22)11-15)12-25-16-5-3-4-13(10-16)20-23-18-6-1-2-7-19(18)24-20/h1-11H,12H2,(H,23,24). The van der Waals surface area contributed by atoms with Crippen LogP contribution in [0.2, 0.25) is 0 Å². The summed E-state index contributed by atoms with van der Waals surface area (Å²) in [4.78, 5) is 7.89. The maximum atomic E-state index is 13.9. The average Bonchev–Trinajstić information content (AvgIpc) is 3.05. The van der Waals surface area contributed by atoms with Crippen LogP contribution in [0, 0.1) is 5.82 Å². The van der Waals surface area contributed by atoms with Gasteiger partial charge in [-0.3, -0.25) is 0 Å². The van der Waals surface area contributed by atoms with Crippen LogP contribution in [0.1, 0.15) is 5.56 Å². The van der Waals surface area contributed by atoms with E-state index in [-0.39, 0.29) is 12.4 Å². The zero-order chi connectivity index (χ0) is 17.2. The average molecular weight is 397 g/mol. The number of hydrogen-bond donors (Lipinski definition) is 1. The molecule has 4 rings (SSSR count). The zero-order valence-corrected chi connectivity index (χ0v) is 14.8. The van der Waals surface area contributed by atoms with Crippen LogP contribution in [0.3, 0.4) is 0 Å². The molecule has 0 aliphatic heterocycles. The zero-order valence-electron chi connectivity index (χ0n) is 13.2. The van der Waals surface area contributed by atoms with Crippen LogP contribution in [0.25, 0.3) is 22.4 Å². The van der Waals surface area contributed by atoms with Gasteiger partial charge < -0.3 is 9.72 Å². The second-order valence-corrected chi connectivity index (χ2v) is 6.57. The normalized spacial score (nSPS) is 11.0. The van der Waals surface area contributed by atoms with Crippen molar-refractivity contribution in [2.75, 3.05) is 0 Å². The second kappa shape index (κ2) is 6.69. The number of rotatable bonds is 4. The molecule has 25 heavy (non-hydrogen) atoms. The first-order chi connectivity index (χ1) is 12.2. The number of aromatic amines is 1. The van der Waals surface area contributed by atoms with Gasteiger partial charge in [0.15, 0.2) is 0 Å². The highest BCUT2D eigenvalue weighted by molar-refractivity contribution is 9.10. The number of benzene rings is 3. The summed E-state index contributed by atoms with van der Waals surface area (Å²) in [6.07, 6.45) is 0. The number of aromatic nitrogens is 2. The highest BCUT2D eigenvalue weighted by Crippen LogP contribution is 2.25. The molecule has 3 aromatic carbocycles. The Morgan fingerprint density at radius 1 is 1.00 bits per heavy atom. The van der Waals surface area contributed by atoms with Gasteiger partial charge in [0.1, 0.15) is 24.0 Å². The van der Waals surface area contributed by atoms with E-state index < -0.39 is 0 Å². The smallest absolute Gasteiger partial charge is 0.138 e. The molecule has 3 nitrogen and oxygen atoms in total. The van der Waals surface area contributed by atoms with E-state index in [9.17, 15) is 4.39 Å². The Morgan fingerprint density at radius 2 is 1.88 bits per heavy atom. The maximum Gasteiger partial charge on any atom is 0.138 e. The van der Waals surface area contributed by atoms with Gasteiger partial charge in [-0.25, -0.2) is 9.37 Å². The Morgan fingerprint density at radius 3 is 2.72 bits per heavy atom. The van der Waals surface area contributed by atoms with Crippen molar-refractivity contribution in [2.24, 2.45) is 0 Å². The third-order valence-electron chi connectivity index (χ3n) is 3.91. The van der Waals surface area contributed by atoms with Gasteiger partial charge in [0.2, 0.25) is 0 Å². The summed E-state index contributed by atoms with van der Waals surface area (Å²) in [6, 6.07) is 20.4. The molecular weight excluding hydrogens is 383 g/mol. The van der Waals surface area contributed by atoms with Crippen LogP contribution in [0.5, 0.6) is 5.75 Å². The Hall–Kier alpha value is -2.66. The van der Waals surface area contributed by atoms with E-state index in [1.54, 1.807) is 12.1 Å². The maximum absolute atomic E-state index is 13.9. The number of fused-ring (bicyclic) bond motifs is 1. The fourth-order valence-electron chi connectivity index (χ4n) is 2.62. The van der Waals surface area contributed by atoms with Gasteiger partial charge >= 0.3 is 0 Å². The predicted molar refractivity (Wildman–Crippen MR) is 100.0 cm³/mol. The van der Waals surface area contributed by atoms with E-state index in [0.717, 1.165) is 22.4 Å². The van der Waals surface area contributed by atoms with Crippen molar-refractivity contribution in [1.82, 2.24) is 9.97 Å². The molecular formula is C20H14BrFN2O. The third-order valence-corrected chi connectivity index (χ3v) is 4.40. The molecule has 5 heteroatoms. The molecule has 4 aromatic rings. The summed E-state index contributed by atoms with van der Waals surface area (Å²) in [6.45, 7) is 0.169. The largest absolute Gasteiger partial charge is 0.489 e. The van der Waals surface area contributed by atoms with E-state index in [2.05, 4.69) is 25.9 Å². The van der Waals surface area contributed by atoms with Crippen molar-refractivity contribution in [3.63, 3.8) is 0 Å². The Kier molecular flexibility index (Phi) is 4.24. The second-order valence-electron chi connectivity index (χ2n) is 5.65. The van der Waals surface area contributed by atoms with Crippen molar-refractivity contribution in [1.29, 1.82) is 0 Å². The van der Waals surface area contributed by atoms with Gasteiger partial charge in [-0.05, 0) is 36.4 Å². The summed E-state index contributed by atoms with van der Waals surface area (Å²) in [5.41, 5.74) is 3.34. The summed E-state index contributed by atoms with van der Waals surface area (Å²) in [5, 5.41) is 0. The lowest BCUT2D eigenvalue weighted by molar-refractivity contribution is 0.300. The highest BCUT2D eigenvalue weighted by atomic mass is 79.9. The molecule has 0 unspecified atom stereocenters. The number of ether oxygens (including phenoxy) is 1. The molecule has 1 N–H and O–H groups in total. The lowest BCUT2D eigenvalue weighted by Crippen LogP contribution is -1.98. The van der Waals surface area contributed by atoms with Gasteiger partial charge in [0.25, 0.3) is 0 Å². The highest BCUT2D eigenvalue weighted by Gasteiger charge is 2.07. The molecule has 1 heterocycles. The third kappa shape index (κ3) is 3.42. The first-order valence-corrected chi connectivity index (χ1v) is 8.60. The summed E-state index contributed by atoms with van der Waals surface area (Å²) >= 11 is 3.25. The fraction of sp³-hybridized carbons (Fsp3) is 0.0500. The van der Waals surface area contributed by atoms with Gasteiger partial charge in [-0.15, -0.1) is 0 Å². The Balaban J connectivity index is 1.56. The lowest BCUT2D eigenvalue weighted by atomic mass is 10.2. The molecule has 0 amide bonds. The summed E-state index contributed by atoms with van der Waals surface area (Å²) in [7, 11) is 0.